The van der Waals surface area contributed by atoms with E-state index in [-0.39, 0.29) is 6.61 Å². The van der Waals surface area contributed by atoms with Gasteiger partial charge in [-0.3, -0.25) is 0 Å². The molecule has 146 valence electrons. The third-order valence-corrected chi connectivity index (χ3v) is 5.70. The van der Waals surface area contributed by atoms with Crippen molar-refractivity contribution < 1.29 is 9.84 Å². The molecule has 1 fully saturated rings. The van der Waals surface area contributed by atoms with Gasteiger partial charge < -0.3 is 14.7 Å². The molecule has 27 heavy (non-hydrogen) atoms. The molecule has 3 rings (SSSR count). The lowest BCUT2D eigenvalue weighted by Gasteiger charge is -2.33. The van der Waals surface area contributed by atoms with Crippen LogP contribution >= 0.6 is 0 Å². The van der Waals surface area contributed by atoms with Crippen LogP contribution in [0.3, 0.4) is 0 Å². The SMILES string of the molecule is CCN(CCc1ccc(OCC(O)c2ccccc2)cc1)C1CCCCC1. The Morgan fingerprint density at radius 1 is 1.00 bits per heavy atom. The highest BCUT2D eigenvalue weighted by atomic mass is 16.5. The molecule has 0 bridgehead atoms. The summed E-state index contributed by atoms with van der Waals surface area (Å²) in [6.45, 7) is 4.83. The van der Waals surface area contributed by atoms with Crippen LogP contribution in [0.4, 0.5) is 0 Å². The summed E-state index contributed by atoms with van der Waals surface area (Å²) in [7, 11) is 0. The van der Waals surface area contributed by atoms with E-state index in [2.05, 4.69) is 24.0 Å². The summed E-state index contributed by atoms with van der Waals surface area (Å²) >= 11 is 0. The molecule has 1 aliphatic rings. The van der Waals surface area contributed by atoms with Crippen LogP contribution in [-0.2, 0) is 6.42 Å². The first-order valence-corrected chi connectivity index (χ1v) is 10.4. The van der Waals surface area contributed by atoms with Crippen molar-refractivity contribution in [3.63, 3.8) is 0 Å². The van der Waals surface area contributed by atoms with E-state index in [0.717, 1.165) is 36.9 Å². The van der Waals surface area contributed by atoms with Crippen LogP contribution in [0.2, 0.25) is 0 Å². The number of nitrogens with zero attached hydrogens (tertiary/aromatic N) is 1. The lowest BCUT2D eigenvalue weighted by molar-refractivity contribution is 0.108. The summed E-state index contributed by atoms with van der Waals surface area (Å²) in [6, 6.07) is 18.8. The highest BCUT2D eigenvalue weighted by Gasteiger charge is 2.19. The zero-order valence-corrected chi connectivity index (χ0v) is 16.5. The first kappa shape index (κ1) is 19.9. The fourth-order valence-corrected chi connectivity index (χ4v) is 4.02. The second kappa shape index (κ2) is 10.5. The standard InChI is InChI=1S/C24H33NO2/c1-2-25(22-11-7-4-8-12-22)18-17-20-13-15-23(16-14-20)27-19-24(26)21-9-5-3-6-10-21/h3,5-6,9-10,13-16,22,24,26H,2,4,7-8,11-12,17-19H2,1H3. The quantitative estimate of drug-likeness (QED) is 0.677. The van der Waals surface area contributed by atoms with Crippen molar-refractivity contribution in [3.8, 4) is 5.75 Å². The van der Waals surface area contributed by atoms with Crippen LogP contribution in [0.25, 0.3) is 0 Å². The van der Waals surface area contributed by atoms with Crippen molar-refractivity contribution in [1.29, 1.82) is 0 Å². The Hall–Kier alpha value is -1.84. The molecule has 3 nitrogen and oxygen atoms in total. The van der Waals surface area contributed by atoms with Gasteiger partial charge in [-0.15, -0.1) is 0 Å². The normalized spacial score (nSPS) is 16.4. The van der Waals surface area contributed by atoms with Crippen LogP contribution < -0.4 is 4.74 Å². The summed E-state index contributed by atoms with van der Waals surface area (Å²) in [5.74, 6) is 0.813. The Labute approximate surface area is 164 Å². The van der Waals surface area contributed by atoms with E-state index in [4.69, 9.17) is 4.74 Å². The minimum Gasteiger partial charge on any atom is -0.491 e. The summed E-state index contributed by atoms with van der Waals surface area (Å²) in [4.78, 5) is 2.65. The van der Waals surface area contributed by atoms with Crippen molar-refractivity contribution in [2.24, 2.45) is 0 Å². The molecule has 3 heteroatoms. The lowest BCUT2D eigenvalue weighted by Crippen LogP contribution is -2.38. The van der Waals surface area contributed by atoms with Gasteiger partial charge in [0.2, 0.25) is 0 Å². The average Bonchev–Trinajstić information content (AvgIpc) is 2.74. The molecule has 0 radical (unpaired) electrons. The van der Waals surface area contributed by atoms with E-state index < -0.39 is 6.10 Å². The largest absolute Gasteiger partial charge is 0.491 e. The monoisotopic (exact) mass is 367 g/mol. The number of likely N-dealkylation sites (N-methyl/N-ethyl adjacent to an activating group) is 1. The second-order valence-electron chi connectivity index (χ2n) is 7.55. The minimum atomic E-state index is -0.598. The Kier molecular flexibility index (Phi) is 7.73. The van der Waals surface area contributed by atoms with Gasteiger partial charge in [0, 0.05) is 12.6 Å². The molecule has 0 spiro atoms. The van der Waals surface area contributed by atoms with Crippen molar-refractivity contribution in [2.45, 2.75) is 57.6 Å². The van der Waals surface area contributed by atoms with Crippen LogP contribution in [0.1, 0.15) is 56.3 Å². The van der Waals surface area contributed by atoms with Gasteiger partial charge in [-0.05, 0) is 49.1 Å². The molecule has 2 aromatic rings. The molecular formula is C24H33NO2. The smallest absolute Gasteiger partial charge is 0.119 e. The molecule has 1 saturated carbocycles. The number of aliphatic hydroxyl groups is 1. The topological polar surface area (TPSA) is 32.7 Å². The second-order valence-corrected chi connectivity index (χ2v) is 7.55. The Morgan fingerprint density at radius 3 is 2.37 bits per heavy atom. The van der Waals surface area contributed by atoms with Gasteiger partial charge in [0.05, 0.1) is 0 Å². The molecule has 2 aromatic carbocycles. The maximum Gasteiger partial charge on any atom is 0.119 e. The molecule has 0 aliphatic heterocycles. The first-order valence-electron chi connectivity index (χ1n) is 10.4. The fourth-order valence-electron chi connectivity index (χ4n) is 4.02. The van der Waals surface area contributed by atoms with Crippen molar-refractivity contribution in [2.75, 3.05) is 19.7 Å². The van der Waals surface area contributed by atoms with E-state index in [9.17, 15) is 5.11 Å². The Balaban J connectivity index is 1.45. The van der Waals surface area contributed by atoms with Gasteiger partial charge in [0.15, 0.2) is 0 Å². The van der Waals surface area contributed by atoms with Crippen molar-refractivity contribution in [3.05, 3.63) is 65.7 Å². The maximum absolute atomic E-state index is 10.2. The fraction of sp³-hybridized carbons (Fsp3) is 0.500. The highest BCUT2D eigenvalue weighted by molar-refractivity contribution is 5.28. The molecule has 0 amide bonds. The summed E-state index contributed by atoms with van der Waals surface area (Å²) in [5, 5.41) is 10.2. The van der Waals surface area contributed by atoms with Crippen molar-refractivity contribution >= 4 is 0 Å². The average molecular weight is 368 g/mol. The molecule has 0 aromatic heterocycles. The molecular weight excluding hydrogens is 334 g/mol. The Bertz CT molecular complexity index is 650. The van der Waals surface area contributed by atoms with Crippen LogP contribution in [0.5, 0.6) is 5.75 Å². The number of hydrogen-bond acceptors (Lipinski definition) is 3. The van der Waals surface area contributed by atoms with Gasteiger partial charge in [-0.1, -0.05) is 68.7 Å². The van der Waals surface area contributed by atoms with E-state index in [1.165, 1.54) is 37.7 Å². The van der Waals surface area contributed by atoms with E-state index in [0.29, 0.717) is 0 Å². The molecule has 1 atom stereocenters. The zero-order chi connectivity index (χ0) is 18.9. The van der Waals surface area contributed by atoms with E-state index in [1.807, 2.05) is 42.5 Å². The molecule has 1 unspecified atom stereocenters. The Morgan fingerprint density at radius 2 is 1.70 bits per heavy atom. The van der Waals surface area contributed by atoms with Gasteiger partial charge >= 0.3 is 0 Å². The zero-order valence-electron chi connectivity index (χ0n) is 16.5. The lowest BCUT2D eigenvalue weighted by atomic mass is 9.94. The van der Waals surface area contributed by atoms with E-state index >= 15 is 0 Å². The summed E-state index contributed by atoms with van der Waals surface area (Å²) in [5.41, 5.74) is 2.23. The number of hydrogen-bond donors (Lipinski definition) is 1. The molecule has 0 saturated heterocycles. The van der Waals surface area contributed by atoms with Gasteiger partial charge in [-0.25, -0.2) is 0 Å². The highest BCUT2D eigenvalue weighted by Crippen LogP contribution is 2.23. The molecule has 1 N–H and O–H groups in total. The maximum atomic E-state index is 10.2. The molecule has 0 heterocycles. The van der Waals surface area contributed by atoms with E-state index in [1.54, 1.807) is 0 Å². The number of aliphatic hydroxyl groups excluding tert-OH is 1. The minimum absolute atomic E-state index is 0.272. The predicted octanol–water partition coefficient (Wildman–Crippen LogP) is 5.00. The number of rotatable bonds is 9. The van der Waals surface area contributed by atoms with Gasteiger partial charge in [-0.2, -0.15) is 0 Å². The third-order valence-electron chi connectivity index (χ3n) is 5.70. The third kappa shape index (κ3) is 6.08. The van der Waals surface area contributed by atoms with Crippen LogP contribution in [0, 0.1) is 0 Å². The van der Waals surface area contributed by atoms with Gasteiger partial charge in [0.1, 0.15) is 18.5 Å². The predicted molar refractivity (Wildman–Crippen MR) is 111 cm³/mol. The van der Waals surface area contributed by atoms with Crippen LogP contribution in [0.15, 0.2) is 54.6 Å². The van der Waals surface area contributed by atoms with Crippen LogP contribution in [-0.4, -0.2) is 35.7 Å². The van der Waals surface area contributed by atoms with Gasteiger partial charge in [0.25, 0.3) is 0 Å². The van der Waals surface area contributed by atoms with Crippen molar-refractivity contribution in [1.82, 2.24) is 4.90 Å². The summed E-state index contributed by atoms with van der Waals surface area (Å²) < 4.78 is 5.76. The number of ether oxygens (including phenoxy) is 1. The summed E-state index contributed by atoms with van der Waals surface area (Å²) in [6.07, 6.45) is 7.41. The number of benzene rings is 2. The molecule has 1 aliphatic carbocycles. The first-order chi connectivity index (χ1) is 13.3.